The average molecular weight is 398 g/mol. The largest absolute Gasteiger partial charge is 0.652 e. The number of nitrogens with one attached hydrogen (secondary N) is 2. The van der Waals surface area contributed by atoms with E-state index < -0.39 is 12.3 Å². The minimum absolute atomic E-state index is 0. The highest BCUT2D eigenvalue weighted by Gasteiger charge is 2.16. The third-order valence-electron chi connectivity index (χ3n) is 1.72. The second-order valence-corrected chi connectivity index (χ2v) is 3.44. The molecule has 0 bridgehead atoms. The zero-order chi connectivity index (χ0) is 17.7. The van der Waals surface area contributed by atoms with Crippen LogP contribution in [0.3, 0.4) is 0 Å². The SMILES string of the molecule is C.C.C.C.C.O=C([O-])[O-].O=C([O-])[O-].O=C1CCC(=O)N1.O=C1CCC(=O)N1. The summed E-state index contributed by atoms with van der Waals surface area (Å²) in [5.41, 5.74) is 0. The quantitative estimate of drug-likeness (QED) is 0.397. The van der Waals surface area contributed by atoms with Crippen molar-refractivity contribution in [3.8, 4) is 0 Å². The van der Waals surface area contributed by atoms with E-state index in [-0.39, 0.29) is 60.8 Å². The van der Waals surface area contributed by atoms with Crippen LogP contribution >= 0.6 is 0 Å². The van der Waals surface area contributed by atoms with Crippen molar-refractivity contribution in [3.05, 3.63) is 0 Å². The summed E-state index contributed by atoms with van der Waals surface area (Å²) in [5.74, 6) is -0.593. The van der Waals surface area contributed by atoms with Gasteiger partial charge in [0.2, 0.25) is 23.6 Å². The van der Waals surface area contributed by atoms with Crippen LogP contribution in [-0.4, -0.2) is 35.9 Å². The first kappa shape index (κ1) is 43.8. The number of imide groups is 2. The number of rotatable bonds is 0. The van der Waals surface area contributed by atoms with Crippen LogP contribution in [-0.2, 0) is 19.2 Å². The normalized spacial score (nSPS) is 12.1. The molecule has 0 radical (unpaired) electrons. The van der Waals surface area contributed by atoms with Gasteiger partial charge in [0.15, 0.2) is 0 Å². The van der Waals surface area contributed by atoms with E-state index in [4.69, 9.17) is 30.0 Å². The first-order valence-corrected chi connectivity index (χ1v) is 5.46. The predicted octanol–water partition coefficient (Wildman–Crippen LogP) is -2.87. The molecule has 2 aliphatic rings. The molecule has 2 saturated heterocycles. The molecular formula is C15H30N2O10-4. The maximum atomic E-state index is 10.1. The topological polar surface area (TPSA) is 219 Å². The maximum Gasteiger partial charge on any atom is 0.227 e. The average Bonchev–Trinajstić information content (AvgIpc) is 2.86. The summed E-state index contributed by atoms with van der Waals surface area (Å²) in [6.45, 7) is 0. The van der Waals surface area contributed by atoms with E-state index in [1.165, 1.54) is 0 Å². The third-order valence-corrected chi connectivity index (χ3v) is 1.72. The lowest BCUT2D eigenvalue weighted by molar-refractivity contribution is -0.417. The number of carbonyl (C=O) groups excluding carboxylic acids is 6. The minimum atomic E-state index is -2.33. The van der Waals surface area contributed by atoms with Gasteiger partial charge in [-0.3, -0.25) is 29.8 Å². The minimum Gasteiger partial charge on any atom is -0.652 e. The van der Waals surface area contributed by atoms with Crippen molar-refractivity contribution < 1.29 is 49.2 Å². The number of hydrogen-bond acceptors (Lipinski definition) is 10. The van der Waals surface area contributed by atoms with E-state index in [9.17, 15) is 19.2 Å². The Hall–Kier alpha value is -3.18. The van der Waals surface area contributed by atoms with E-state index in [1.807, 2.05) is 0 Å². The Morgan fingerprint density at radius 1 is 0.519 bits per heavy atom. The van der Waals surface area contributed by atoms with Gasteiger partial charge in [-0.2, -0.15) is 0 Å². The van der Waals surface area contributed by atoms with Crippen molar-refractivity contribution in [2.24, 2.45) is 0 Å². The van der Waals surface area contributed by atoms with E-state index >= 15 is 0 Å². The number of amides is 4. The highest BCUT2D eigenvalue weighted by molar-refractivity contribution is 6.02. The van der Waals surface area contributed by atoms with Gasteiger partial charge in [0.05, 0.1) is 0 Å². The van der Waals surface area contributed by atoms with Crippen LogP contribution < -0.4 is 31.1 Å². The van der Waals surface area contributed by atoms with Gasteiger partial charge in [0, 0.05) is 25.7 Å². The van der Waals surface area contributed by atoms with Gasteiger partial charge >= 0.3 is 0 Å². The van der Waals surface area contributed by atoms with Crippen LogP contribution in [0.15, 0.2) is 0 Å². The number of carbonyl (C=O) groups is 6. The Kier molecular flexibility index (Phi) is 40.7. The second kappa shape index (κ2) is 25.1. The smallest absolute Gasteiger partial charge is 0.227 e. The van der Waals surface area contributed by atoms with Crippen LogP contribution in [0.1, 0.15) is 62.8 Å². The molecule has 0 unspecified atom stereocenters. The molecule has 4 amide bonds. The molecule has 12 nitrogen and oxygen atoms in total. The summed E-state index contributed by atoms with van der Waals surface area (Å²) in [6, 6.07) is 0. The molecule has 2 aliphatic heterocycles. The predicted molar refractivity (Wildman–Crippen MR) is 89.2 cm³/mol. The molecule has 164 valence electrons. The van der Waals surface area contributed by atoms with Gasteiger partial charge in [-0.25, -0.2) is 0 Å². The fraction of sp³-hybridized carbons (Fsp3) is 0.600. The van der Waals surface area contributed by atoms with Gasteiger partial charge in [0.1, 0.15) is 0 Å². The highest BCUT2D eigenvalue weighted by atomic mass is 16.6. The van der Waals surface area contributed by atoms with Crippen molar-refractivity contribution in [2.45, 2.75) is 62.8 Å². The first-order valence-electron chi connectivity index (χ1n) is 5.46. The van der Waals surface area contributed by atoms with E-state index in [1.54, 1.807) is 0 Å². The molecular weight excluding hydrogens is 368 g/mol. The maximum absolute atomic E-state index is 10.1. The summed E-state index contributed by atoms with van der Waals surface area (Å²) in [4.78, 5) is 57.2. The fourth-order valence-corrected chi connectivity index (χ4v) is 1.02. The Morgan fingerprint density at radius 2 is 0.630 bits per heavy atom. The molecule has 27 heavy (non-hydrogen) atoms. The van der Waals surface area contributed by atoms with E-state index in [2.05, 4.69) is 10.6 Å². The molecule has 2 heterocycles. The van der Waals surface area contributed by atoms with Crippen LogP contribution in [0.25, 0.3) is 0 Å². The second-order valence-electron chi connectivity index (χ2n) is 3.44. The Bertz CT molecular complexity index is 386. The zero-order valence-corrected chi connectivity index (χ0v) is 10.9. The van der Waals surface area contributed by atoms with Gasteiger partial charge in [-0.05, 0) is 12.3 Å². The lowest BCUT2D eigenvalue weighted by Crippen LogP contribution is -2.37. The Labute approximate surface area is 159 Å². The summed E-state index contributed by atoms with van der Waals surface area (Å²) in [5, 5.41) is 37.6. The highest BCUT2D eigenvalue weighted by Crippen LogP contribution is 1.96. The molecule has 2 N–H and O–H groups in total. The lowest BCUT2D eigenvalue weighted by Gasteiger charge is -1.96. The van der Waals surface area contributed by atoms with Crippen LogP contribution in [0.4, 0.5) is 9.59 Å². The molecule has 2 rings (SSSR count). The Morgan fingerprint density at radius 3 is 0.667 bits per heavy atom. The molecule has 0 atom stereocenters. The molecule has 12 heteroatoms. The van der Waals surface area contributed by atoms with Gasteiger partial charge in [0.25, 0.3) is 0 Å². The molecule has 0 saturated carbocycles. The van der Waals surface area contributed by atoms with Crippen molar-refractivity contribution in [1.29, 1.82) is 0 Å². The van der Waals surface area contributed by atoms with Gasteiger partial charge < -0.3 is 30.0 Å². The summed E-state index contributed by atoms with van der Waals surface area (Å²) >= 11 is 0. The molecule has 0 aromatic rings. The third kappa shape index (κ3) is 45.0. The number of hydrogen-bond donors (Lipinski definition) is 2. The summed E-state index contributed by atoms with van der Waals surface area (Å²) in [6.07, 6.45) is -3.17. The molecule has 0 spiro atoms. The van der Waals surface area contributed by atoms with Crippen LogP contribution in [0.2, 0.25) is 0 Å². The molecule has 0 aliphatic carbocycles. The van der Waals surface area contributed by atoms with Crippen molar-refractivity contribution in [1.82, 2.24) is 10.6 Å². The van der Waals surface area contributed by atoms with Gasteiger partial charge in [-0.1, -0.05) is 37.1 Å². The first-order chi connectivity index (χ1) is 10.0. The van der Waals surface area contributed by atoms with Crippen LogP contribution in [0, 0.1) is 0 Å². The summed E-state index contributed by atoms with van der Waals surface area (Å²) < 4.78 is 0. The summed E-state index contributed by atoms with van der Waals surface area (Å²) in [7, 11) is 0. The van der Waals surface area contributed by atoms with Crippen LogP contribution in [0.5, 0.6) is 0 Å². The fourth-order valence-electron chi connectivity index (χ4n) is 1.02. The van der Waals surface area contributed by atoms with E-state index in [0.29, 0.717) is 25.7 Å². The lowest BCUT2D eigenvalue weighted by atomic mass is 10.4. The molecule has 2 fully saturated rings. The monoisotopic (exact) mass is 398 g/mol. The standard InChI is InChI=1S/2C4H5NO2.2CH2O3.5CH4/c2*6-3-1-2-4(7)5-3;2*2-1(3)4;;;;;/h2*1-2H2,(H,5,6,7);2*(H2,2,3,4);5*1H4/p-4. The molecule has 0 aromatic heterocycles. The zero-order valence-electron chi connectivity index (χ0n) is 10.9. The Balaban J connectivity index is -0.0000000384. The molecule has 0 aromatic carbocycles. The van der Waals surface area contributed by atoms with Crippen molar-refractivity contribution in [2.75, 3.05) is 0 Å². The van der Waals surface area contributed by atoms with Crippen molar-refractivity contribution in [3.63, 3.8) is 0 Å². The van der Waals surface area contributed by atoms with Crippen molar-refractivity contribution >= 4 is 35.9 Å². The van der Waals surface area contributed by atoms with Gasteiger partial charge in [-0.15, -0.1) is 0 Å². The number of carboxylic acid groups (broad SMARTS) is 4. The van der Waals surface area contributed by atoms with E-state index in [0.717, 1.165) is 0 Å².